The van der Waals surface area contributed by atoms with Gasteiger partial charge < -0.3 is 30.6 Å². The molecule has 6 rings (SSSR count). The van der Waals surface area contributed by atoms with Crippen molar-refractivity contribution in [3.05, 3.63) is 126 Å². The second kappa shape index (κ2) is 19.5. The molecule has 0 aromatic heterocycles. The number of anilines is 3. The summed E-state index contributed by atoms with van der Waals surface area (Å²) < 4.78 is 0. The molecule has 0 radical (unpaired) electrons. The molecule has 11 nitrogen and oxygen atoms in total. The van der Waals surface area contributed by atoms with Gasteiger partial charge >= 0.3 is 12.0 Å². The number of nitrogens with zero attached hydrogens (tertiary/aromatic N) is 3. The Morgan fingerprint density at radius 2 is 1.42 bits per heavy atom. The molecule has 1 aliphatic heterocycles. The number of rotatable bonds is 15. The van der Waals surface area contributed by atoms with Gasteiger partial charge in [-0.05, 0) is 67.6 Å². The molecule has 1 unspecified atom stereocenters. The van der Waals surface area contributed by atoms with Crippen LogP contribution in [0.5, 0.6) is 0 Å². The highest BCUT2D eigenvalue weighted by atomic mass is 16.7. The average Bonchev–Trinajstić information content (AvgIpc) is 3.34. The van der Waals surface area contributed by atoms with Crippen LogP contribution in [0.4, 0.5) is 21.9 Å². The van der Waals surface area contributed by atoms with Crippen LogP contribution in [0.1, 0.15) is 83.4 Å². The van der Waals surface area contributed by atoms with Crippen molar-refractivity contribution in [3.63, 3.8) is 0 Å². The molecular formula is C48H60N6O5. The zero-order valence-electron chi connectivity index (χ0n) is 35.2. The lowest BCUT2D eigenvalue weighted by Crippen LogP contribution is -2.55. The minimum Gasteiger partial charge on any atom is -0.367 e. The topological polar surface area (TPSA) is 123 Å². The SMILES string of the molecule is CC(C)(C)C(=O)CN1C(=O)C(NC(=O)Nc2cccc(C(C)(C)C(=O)ON(CCNCc3ccccc3)Cc3ccccc3)c2)CN(C2CCCCC2)c2ccccc21. The van der Waals surface area contributed by atoms with Crippen molar-refractivity contribution < 1.29 is 24.0 Å². The van der Waals surface area contributed by atoms with Crippen LogP contribution in [0.25, 0.3) is 0 Å². The number of carbonyl (C=O) groups is 4. The van der Waals surface area contributed by atoms with E-state index in [9.17, 15) is 19.2 Å². The first kappa shape index (κ1) is 43.1. The van der Waals surface area contributed by atoms with Crippen molar-refractivity contribution in [1.82, 2.24) is 15.7 Å². The first-order valence-electron chi connectivity index (χ1n) is 20.9. The molecule has 0 bridgehead atoms. The van der Waals surface area contributed by atoms with Crippen LogP contribution < -0.4 is 25.8 Å². The lowest BCUT2D eigenvalue weighted by molar-refractivity contribution is -0.199. The molecule has 312 valence electrons. The molecule has 59 heavy (non-hydrogen) atoms. The predicted octanol–water partition coefficient (Wildman–Crippen LogP) is 8.01. The predicted molar refractivity (Wildman–Crippen MR) is 234 cm³/mol. The van der Waals surface area contributed by atoms with Crippen LogP contribution in [0.2, 0.25) is 0 Å². The van der Waals surface area contributed by atoms with Gasteiger partial charge in [0.1, 0.15) is 6.04 Å². The lowest BCUT2D eigenvalue weighted by Gasteiger charge is -2.37. The summed E-state index contributed by atoms with van der Waals surface area (Å²) >= 11 is 0. The Hall–Kier alpha value is -5.52. The zero-order valence-corrected chi connectivity index (χ0v) is 35.2. The second-order valence-corrected chi connectivity index (χ2v) is 17.3. The Morgan fingerprint density at radius 1 is 0.780 bits per heavy atom. The van der Waals surface area contributed by atoms with Crippen molar-refractivity contribution in [1.29, 1.82) is 0 Å². The van der Waals surface area contributed by atoms with Gasteiger partial charge in [0, 0.05) is 43.3 Å². The fourth-order valence-electron chi connectivity index (χ4n) is 7.64. The molecule has 1 heterocycles. The van der Waals surface area contributed by atoms with E-state index in [2.05, 4.69) is 33.0 Å². The van der Waals surface area contributed by atoms with Gasteiger partial charge in [-0.15, -0.1) is 5.06 Å². The van der Waals surface area contributed by atoms with E-state index in [1.807, 2.05) is 99.6 Å². The van der Waals surface area contributed by atoms with Crippen LogP contribution >= 0.6 is 0 Å². The molecule has 1 atom stereocenters. The molecule has 11 heteroatoms. The van der Waals surface area contributed by atoms with Crippen molar-refractivity contribution >= 4 is 40.8 Å². The number of hydrogen-bond acceptors (Lipinski definition) is 8. The summed E-state index contributed by atoms with van der Waals surface area (Å²) in [6.07, 6.45) is 5.34. The Kier molecular flexibility index (Phi) is 14.2. The van der Waals surface area contributed by atoms with E-state index in [1.165, 1.54) is 12.0 Å². The number of fused-ring (bicyclic) bond motifs is 1. The van der Waals surface area contributed by atoms with Gasteiger partial charge in [-0.2, -0.15) is 0 Å². The second-order valence-electron chi connectivity index (χ2n) is 17.3. The number of Topliss-reactive ketones (excluding diaryl/α,β-unsaturated/α-hetero) is 1. The third kappa shape index (κ3) is 11.4. The quantitative estimate of drug-likeness (QED) is 0.0817. The van der Waals surface area contributed by atoms with E-state index in [1.54, 1.807) is 42.0 Å². The first-order chi connectivity index (χ1) is 28.3. The van der Waals surface area contributed by atoms with E-state index in [0.29, 0.717) is 43.1 Å². The Labute approximate surface area is 349 Å². The molecule has 0 spiro atoms. The Bertz CT molecular complexity index is 2040. The highest BCUT2D eigenvalue weighted by Gasteiger charge is 2.39. The molecule has 1 fully saturated rings. The third-order valence-electron chi connectivity index (χ3n) is 11.4. The average molecular weight is 801 g/mol. The maximum absolute atomic E-state index is 14.4. The number of benzene rings is 4. The summed E-state index contributed by atoms with van der Waals surface area (Å²) in [5.74, 6) is -0.846. The monoisotopic (exact) mass is 800 g/mol. The highest BCUT2D eigenvalue weighted by molar-refractivity contribution is 6.08. The summed E-state index contributed by atoms with van der Waals surface area (Å²) in [4.78, 5) is 65.6. The van der Waals surface area contributed by atoms with Crippen LogP contribution in [-0.4, -0.2) is 67.0 Å². The summed E-state index contributed by atoms with van der Waals surface area (Å²) in [5.41, 5.74) is 3.13. The Balaban J connectivity index is 1.15. The number of hydrogen-bond donors (Lipinski definition) is 3. The summed E-state index contributed by atoms with van der Waals surface area (Å²) in [6, 6.07) is 33.6. The van der Waals surface area contributed by atoms with Crippen molar-refractivity contribution in [2.24, 2.45) is 5.41 Å². The first-order valence-corrected chi connectivity index (χ1v) is 20.9. The van der Waals surface area contributed by atoms with E-state index in [-0.39, 0.29) is 30.8 Å². The highest BCUT2D eigenvalue weighted by Crippen LogP contribution is 2.38. The number of para-hydroxylation sites is 2. The normalized spacial score (nSPS) is 16.3. The largest absolute Gasteiger partial charge is 0.367 e. The van der Waals surface area contributed by atoms with E-state index in [0.717, 1.165) is 36.9 Å². The molecule has 2 aliphatic rings. The van der Waals surface area contributed by atoms with Crippen molar-refractivity contribution in [2.45, 2.75) is 97.3 Å². The maximum Gasteiger partial charge on any atom is 0.334 e. The van der Waals surface area contributed by atoms with E-state index in [4.69, 9.17) is 4.84 Å². The molecule has 1 aliphatic carbocycles. The standard InChI is InChI=1S/C48H60N6O5/c1-47(2,3)43(55)34-54-42-27-16-15-26-41(42)53(39-24-13-8-14-25-39)33-40(44(54)56)51-46(58)50-38-23-17-22-37(30-38)48(4,5)45(57)59-52(32-36-20-11-7-12-21-36)29-28-49-31-35-18-9-6-10-19-35/h6-7,9-12,15-23,26-27,30,39-40,49H,8,13-14,24-25,28-29,31-34H2,1-5H3,(H2,50,51,58). The smallest absolute Gasteiger partial charge is 0.334 e. The van der Waals surface area contributed by atoms with Crippen LogP contribution in [0, 0.1) is 5.41 Å². The molecular weight excluding hydrogens is 741 g/mol. The van der Waals surface area contributed by atoms with Gasteiger partial charge in [-0.1, -0.05) is 125 Å². The number of ketones is 1. The number of hydroxylamine groups is 2. The molecule has 4 aromatic rings. The van der Waals surface area contributed by atoms with Gasteiger partial charge in [-0.3, -0.25) is 9.59 Å². The molecule has 4 aromatic carbocycles. The van der Waals surface area contributed by atoms with Gasteiger partial charge in [0.05, 0.1) is 29.9 Å². The van der Waals surface area contributed by atoms with E-state index >= 15 is 0 Å². The van der Waals surface area contributed by atoms with Gasteiger partial charge in [0.15, 0.2) is 5.78 Å². The number of nitrogens with one attached hydrogen (secondary N) is 3. The molecule has 3 amide bonds. The third-order valence-corrected chi connectivity index (χ3v) is 11.4. The summed E-state index contributed by atoms with van der Waals surface area (Å²) in [5, 5.41) is 11.0. The van der Waals surface area contributed by atoms with Crippen LogP contribution in [0.15, 0.2) is 109 Å². The molecule has 1 saturated carbocycles. The fraction of sp³-hybridized carbons (Fsp3) is 0.417. The van der Waals surface area contributed by atoms with Gasteiger partial charge in [0.25, 0.3) is 5.91 Å². The molecule has 0 saturated heterocycles. The fourth-order valence-corrected chi connectivity index (χ4v) is 7.64. The van der Waals surface area contributed by atoms with Crippen molar-refractivity contribution in [2.75, 3.05) is 41.3 Å². The number of amides is 3. The molecule has 3 N–H and O–H groups in total. The number of urea groups is 1. The maximum atomic E-state index is 14.4. The van der Waals surface area contributed by atoms with E-state index < -0.39 is 28.9 Å². The van der Waals surface area contributed by atoms with Gasteiger partial charge in [-0.25, -0.2) is 9.59 Å². The number of carbonyl (C=O) groups excluding carboxylic acids is 4. The lowest BCUT2D eigenvalue weighted by atomic mass is 9.84. The van der Waals surface area contributed by atoms with Crippen LogP contribution in [-0.2, 0) is 37.7 Å². The minimum atomic E-state index is -1.08. The Morgan fingerprint density at radius 3 is 2.10 bits per heavy atom. The summed E-state index contributed by atoms with van der Waals surface area (Å²) in [7, 11) is 0. The van der Waals surface area contributed by atoms with Gasteiger partial charge in [0.2, 0.25) is 0 Å². The van der Waals surface area contributed by atoms with Crippen molar-refractivity contribution in [3.8, 4) is 0 Å². The summed E-state index contributed by atoms with van der Waals surface area (Å²) in [6.45, 7) is 11.5. The minimum absolute atomic E-state index is 0.0733. The van der Waals surface area contributed by atoms with Crippen LogP contribution in [0.3, 0.4) is 0 Å². The zero-order chi connectivity index (χ0) is 42.0.